The van der Waals surface area contributed by atoms with Gasteiger partial charge in [0.15, 0.2) is 0 Å². The highest BCUT2D eigenvalue weighted by molar-refractivity contribution is 7.99. The summed E-state index contributed by atoms with van der Waals surface area (Å²) < 4.78 is 0. The average Bonchev–Trinajstić information content (AvgIpc) is 2.88. The number of carboxylic acid groups (broad SMARTS) is 1. The lowest BCUT2D eigenvalue weighted by molar-refractivity contribution is -0.138. The molecule has 3 unspecified atom stereocenters. The number of nitrogens with zero attached hydrogens (tertiary/aromatic N) is 1. The molecular weight excluding hydrogens is 246 g/mol. The van der Waals surface area contributed by atoms with Gasteiger partial charge in [-0.05, 0) is 55.4 Å². The third kappa shape index (κ3) is 2.69. The lowest BCUT2D eigenvalue weighted by atomic mass is 9.87. The van der Waals surface area contributed by atoms with Crippen LogP contribution < -0.4 is 0 Å². The Morgan fingerprint density at radius 2 is 1.89 bits per heavy atom. The SMILES string of the molecule is O=C(O)CC1CC2CCC(C1)N2CC1CCSC1. The van der Waals surface area contributed by atoms with E-state index in [1.165, 1.54) is 37.3 Å². The van der Waals surface area contributed by atoms with Crippen LogP contribution in [0, 0.1) is 11.8 Å². The summed E-state index contributed by atoms with van der Waals surface area (Å²) in [6.45, 7) is 1.28. The average molecular weight is 269 g/mol. The lowest BCUT2D eigenvalue weighted by Crippen LogP contribution is -2.45. The summed E-state index contributed by atoms with van der Waals surface area (Å²) in [6.07, 6.45) is 6.64. The van der Waals surface area contributed by atoms with Crippen LogP contribution in [0.15, 0.2) is 0 Å². The first kappa shape index (κ1) is 12.8. The first-order valence-electron chi connectivity index (χ1n) is 7.27. The molecule has 3 atom stereocenters. The monoisotopic (exact) mass is 269 g/mol. The number of carbonyl (C=O) groups is 1. The van der Waals surface area contributed by atoms with Gasteiger partial charge in [-0.15, -0.1) is 0 Å². The zero-order valence-corrected chi connectivity index (χ0v) is 11.7. The number of thioether (sulfide) groups is 1. The van der Waals surface area contributed by atoms with Crippen molar-refractivity contribution in [3.05, 3.63) is 0 Å². The van der Waals surface area contributed by atoms with Crippen LogP contribution in [0.1, 0.15) is 38.5 Å². The van der Waals surface area contributed by atoms with E-state index in [9.17, 15) is 4.79 Å². The molecule has 0 aliphatic carbocycles. The third-order valence-electron chi connectivity index (χ3n) is 4.94. The standard InChI is InChI=1S/C14H23NO2S/c16-14(17)7-11-5-12-1-2-13(6-11)15(12)8-10-3-4-18-9-10/h10-13H,1-9H2,(H,16,17). The molecule has 2 bridgehead atoms. The molecule has 18 heavy (non-hydrogen) atoms. The summed E-state index contributed by atoms with van der Waals surface area (Å²) in [5.41, 5.74) is 0. The van der Waals surface area contributed by atoms with E-state index in [2.05, 4.69) is 16.7 Å². The molecule has 0 aromatic heterocycles. The molecule has 3 nitrogen and oxygen atoms in total. The van der Waals surface area contributed by atoms with Crippen molar-refractivity contribution in [3.63, 3.8) is 0 Å². The summed E-state index contributed by atoms with van der Waals surface area (Å²) in [5, 5.41) is 8.94. The highest BCUT2D eigenvalue weighted by Gasteiger charge is 2.41. The number of hydrogen-bond acceptors (Lipinski definition) is 3. The van der Waals surface area contributed by atoms with Gasteiger partial charge in [0.2, 0.25) is 0 Å². The predicted molar refractivity (Wildman–Crippen MR) is 73.9 cm³/mol. The van der Waals surface area contributed by atoms with Gasteiger partial charge >= 0.3 is 5.97 Å². The molecule has 0 aromatic carbocycles. The molecule has 0 spiro atoms. The zero-order chi connectivity index (χ0) is 12.5. The van der Waals surface area contributed by atoms with E-state index < -0.39 is 5.97 Å². The number of hydrogen-bond donors (Lipinski definition) is 1. The second kappa shape index (κ2) is 5.41. The minimum Gasteiger partial charge on any atom is -0.481 e. The highest BCUT2D eigenvalue weighted by Crippen LogP contribution is 2.41. The molecule has 3 fully saturated rings. The Morgan fingerprint density at radius 3 is 2.44 bits per heavy atom. The second-order valence-corrected chi connectivity index (χ2v) is 7.40. The molecule has 0 aromatic rings. The Kier molecular flexibility index (Phi) is 3.85. The maximum atomic E-state index is 10.8. The topological polar surface area (TPSA) is 40.5 Å². The van der Waals surface area contributed by atoms with Crippen LogP contribution in [0.5, 0.6) is 0 Å². The van der Waals surface area contributed by atoms with E-state index >= 15 is 0 Å². The van der Waals surface area contributed by atoms with Crippen molar-refractivity contribution in [3.8, 4) is 0 Å². The fraction of sp³-hybridized carbons (Fsp3) is 0.929. The highest BCUT2D eigenvalue weighted by atomic mass is 32.2. The summed E-state index contributed by atoms with van der Waals surface area (Å²) in [7, 11) is 0. The zero-order valence-electron chi connectivity index (χ0n) is 10.9. The minimum absolute atomic E-state index is 0.389. The molecule has 3 aliphatic heterocycles. The van der Waals surface area contributed by atoms with Crippen molar-refractivity contribution >= 4 is 17.7 Å². The Balaban J connectivity index is 1.57. The number of piperidine rings is 1. The normalized spacial score (nSPS) is 40.2. The molecule has 3 saturated heterocycles. The van der Waals surface area contributed by atoms with Crippen LogP contribution >= 0.6 is 11.8 Å². The fourth-order valence-corrected chi connectivity index (χ4v) is 5.40. The molecule has 0 saturated carbocycles. The van der Waals surface area contributed by atoms with Gasteiger partial charge in [-0.3, -0.25) is 9.69 Å². The Morgan fingerprint density at radius 1 is 1.17 bits per heavy atom. The van der Waals surface area contributed by atoms with Gasteiger partial charge in [-0.2, -0.15) is 11.8 Å². The molecule has 1 N–H and O–H groups in total. The third-order valence-corrected chi connectivity index (χ3v) is 6.17. The van der Waals surface area contributed by atoms with Crippen molar-refractivity contribution in [2.75, 3.05) is 18.1 Å². The maximum absolute atomic E-state index is 10.8. The van der Waals surface area contributed by atoms with Gasteiger partial charge in [0, 0.05) is 25.0 Å². The molecule has 3 aliphatic rings. The Hall–Kier alpha value is -0.220. The second-order valence-electron chi connectivity index (χ2n) is 6.25. The van der Waals surface area contributed by atoms with E-state index in [0.717, 1.165) is 18.8 Å². The fourth-order valence-electron chi connectivity index (χ4n) is 4.12. The van der Waals surface area contributed by atoms with Crippen molar-refractivity contribution in [1.82, 2.24) is 4.90 Å². The summed E-state index contributed by atoms with van der Waals surface area (Å²) in [6, 6.07) is 1.39. The van der Waals surface area contributed by atoms with Gasteiger partial charge in [-0.1, -0.05) is 0 Å². The van der Waals surface area contributed by atoms with Gasteiger partial charge in [0.1, 0.15) is 0 Å². The van der Waals surface area contributed by atoms with E-state index in [4.69, 9.17) is 5.11 Å². The van der Waals surface area contributed by atoms with E-state index in [1.54, 1.807) is 0 Å². The van der Waals surface area contributed by atoms with Gasteiger partial charge in [0.25, 0.3) is 0 Å². The largest absolute Gasteiger partial charge is 0.481 e. The Labute approximate surface area is 113 Å². The number of aliphatic carboxylic acids is 1. The molecule has 3 rings (SSSR count). The van der Waals surface area contributed by atoms with E-state index in [1.807, 2.05) is 0 Å². The molecule has 0 amide bonds. The number of carboxylic acids is 1. The van der Waals surface area contributed by atoms with Crippen LogP contribution in [-0.4, -0.2) is 46.1 Å². The Bertz CT molecular complexity index is 303. The first-order valence-corrected chi connectivity index (χ1v) is 8.43. The van der Waals surface area contributed by atoms with E-state index in [0.29, 0.717) is 24.4 Å². The van der Waals surface area contributed by atoms with Crippen LogP contribution in [-0.2, 0) is 4.79 Å². The van der Waals surface area contributed by atoms with Crippen molar-refractivity contribution < 1.29 is 9.90 Å². The van der Waals surface area contributed by atoms with Crippen molar-refractivity contribution in [2.24, 2.45) is 11.8 Å². The number of rotatable bonds is 4. The molecule has 102 valence electrons. The van der Waals surface area contributed by atoms with Gasteiger partial charge in [0.05, 0.1) is 0 Å². The molecule has 0 radical (unpaired) electrons. The minimum atomic E-state index is -0.611. The number of fused-ring (bicyclic) bond motifs is 2. The summed E-state index contributed by atoms with van der Waals surface area (Å²) >= 11 is 2.10. The van der Waals surface area contributed by atoms with Crippen LogP contribution in [0.4, 0.5) is 0 Å². The summed E-state index contributed by atoms with van der Waals surface area (Å²) in [5.74, 6) is 3.41. The van der Waals surface area contributed by atoms with E-state index in [-0.39, 0.29) is 0 Å². The van der Waals surface area contributed by atoms with Gasteiger partial charge < -0.3 is 5.11 Å². The van der Waals surface area contributed by atoms with Crippen molar-refractivity contribution in [2.45, 2.75) is 50.6 Å². The molecule has 4 heteroatoms. The van der Waals surface area contributed by atoms with Crippen LogP contribution in [0.2, 0.25) is 0 Å². The maximum Gasteiger partial charge on any atom is 0.303 e. The first-order chi connectivity index (χ1) is 8.72. The summed E-state index contributed by atoms with van der Waals surface area (Å²) in [4.78, 5) is 13.6. The smallest absolute Gasteiger partial charge is 0.303 e. The van der Waals surface area contributed by atoms with Crippen LogP contribution in [0.3, 0.4) is 0 Å². The van der Waals surface area contributed by atoms with Crippen LogP contribution in [0.25, 0.3) is 0 Å². The van der Waals surface area contributed by atoms with Gasteiger partial charge in [-0.25, -0.2) is 0 Å². The predicted octanol–water partition coefficient (Wildman–Crippen LogP) is 2.46. The van der Waals surface area contributed by atoms with Crippen molar-refractivity contribution in [1.29, 1.82) is 0 Å². The quantitative estimate of drug-likeness (QED) is 0.851. The lowest BCUT2D eigenvalue weighted by Gasteiger charge is -2.39. The molecule has 3 heterocycles. The molecular formula is C14H23NO2S.